The Bertz CT molecular complexity index is 252. The third-order valence-electron chi connectivity index (χ3n) is 5.72. The van der Waals surface area contributed by atoms with Crippen molar-refractivity contribution in [1.82, 2.24) is 0 Å². The van der Waals surface area contributed by atoms with Crippen molar-refractivity contribution in [2.24, 2.45) is 23.7 Å². The molecule has 2 aliphatic rings. The maximum atomic E-state index is 11.0. The van der Waals surface area contributed by atoms with Crippen molar-refractivity contribution in [3.8, 4) is 0 Å². The van der Waals surface area contributed by atoms with Crippen LogP contribution in [0.25, 0.3) is 0 Å². The van der Waals surface area contributed by atoms with Crippen LogP contribution >= 0.6 is 0 Å². The maximum absolute atomic E-state index is 11.0. The Hall–Kier alpha value is -0.330. The van der Waals surface area contributed by atoms with E-state index >= 15 is 0 Å². The Kier molecular flexibility index (Phi) is 6.40. The van der Waals surface area contributed by atoms with E-state index in [2.05, 4.69) is 6.92 Å². The Morgan fingerprint density at radius 1 is 0.947 bits per heavy atom. The van der Waals surface area contributed by atoms with Crippen LogP contribution in [-0.4, -0.2) is 6.29 Å². The summed E-state index contributed by atoms with van der Waals surface area (Å²) in [5.74, 6) is 3.24. The predicted octanol–water partition coefficient (Wildman–Crippen LogP) is 5.38. The van der Waals surface area contributed by atoms with Crippen molar-refractivity contribution in [1.29, 1.82) is 0 Å². The van der Waals surface area contributed by atoms with Crippen LogP contribution in [0, 0.1) is 23.7 Å². The number of unbranched alkanes of at least 4 members (excludes halogenated alkanes) is 2. The number of hydrogen-bond donors (Lipinski definition) is 0. The molecule has 0 aromatic carbocycles. The van der Waals surface area contributed by atoms with Crippen LogP contribution < -0.4 is 0 Å². The molecule has 2 fully saturated rings. The fourth-order valence-corrected chi connectivity index (χ4v) is 4.45. The molecule has 0 aromatic rings. The standard InChI is InChI=1S/C18H32O/c1-2-3-4-6-15-9-11-17(12-10-15)18-8-5-7-16(13-18)14-19/h14-18H,2-13H2,1H3. The Morgan fingerprint density at radius 3 is 2.42 bits per heavy atom. The molecule has 0 aromatic heterocycles. The molecule has 0 spiro atoms. The van der Waals surface area contributed by atoms with Crippen LogP contribution in [0.15, 0.2) is 0 Å². The second-order valence-corrected chi connectivity index (χ2v) is 7.10. The van der Waals surface area contributed by atoms with Gasteiger partial charge in [0.05, 0.1) is 0 Å². The largest absolute Gasteiger partial charge is 0.303 e. The van der Waals surface area contributed by atoms with E-state index in [1.54, 1.807) is 0 Å². The molecule has 2 atom stereocenters. The van der Waals surface area contributed by atoms with Gasteiger partial charge in [0.2, 0.25) is 0 Å². The molecule has 2 saturated carbocycles. The highest BCUT2D eigenvalue weighted by atomic mass is 16.1. The third-order valence-corrected chi connectivity index (χ3v) is 5.72. The molecular formula is C18H32O. The van der Waals surface area contributed by atoms with Crippen LogP contribution in [0.3, 0.4) is 0 Å². The number of carbonyl (C=O) groups is 1. The number of hydrogen-bond acceptors (Lipinski definition) is 1. The van der Waals surface area contributed by atoms with Crippen molar-refractivity contribution in [3.05, 3.63) is 0 Å². The number of carbonyl (C=O) groups excluding carboxylic acids is 1. The van der Waals surface area contributed by atoms with Gasteiger partial charge in [-0.2, -0.15) is 0 Å². The minimum atomic E-state index is 0.390. The maximum Gasteiger partial charge on any atom is 0.123 e. The Balaban J connectivity index is 1.69. The zero-order chi connectivity index (χ0) is 13.5. The second kappa shape index (κ2) is 8.07. The molecule has 1 nitrogen and oxygen atoms in total. The Labute approximate surface area is 119 Å². The monoisotopic (exact) mass is 264 g/mol. The van der Waals surface area contributed by atoms with Crippen molar-refractivity contribution < 1.29 is 4.79 Å². The van der Waals surface area contributed by atoms with Crippen molar-refractivity contribution >= 4 is 6.29 Å². The molecule has 0 radical (unpaired) electrons. The zero-order valence-corrected chi connectivity index (χ0v) is 12.8. The topological polar surface area (TPSA) is 17.1 Å². The van der Waals surface area contributed by atoms with Gasteiger partial charge in [0, 0.05) is 5.92 Å². The van der Waals surface area contributed by atoms with Gasteiger partial charge in [0.15, 0.2) is 0 Å². The summed E-state index contributed by atoms with van der Waals surface area (Å²) in [6.45, 7) is 2.30. The lowest BCUT2D eigenvalue weighted by Gasteiger charge is -2.37. The van der Waals surface area contributed by atoms with Crippen LogP contribution in [0.4, 0.5) is 0 Å². The van der Waals surface area contributed by atoms with Gasteiger partial charge in [0.1, 0.15) is 6.29 Å². The first-order valence-corrected chi connectivity index (χ1v) is 8.78. The van der Waals surface area contributed by atoms with Gasteiger partial charge in [0.25, 0.3) is 0 Å². The quantitative estimate of drug-likeness (QED) is 0.465. The molecule has 2 rings (SSSR count). The minimum absolute atomic E-state index is 0.390. The fourth-order valence-electron chi connectivity index (χ4n) is 4.45. The van der Waals surface area contributed by atoms with Gasteiger partial charge >= 0.3 is 0 Å². The molecule has 110 valence electrons. The molecule has 0 heterocycles. The van der Waals surface area contributed by atoms with E-state index in [0.717, 1.165) is 24.2 Å². The molecule has 1 heteroatoms. The predicted molar refractivity (Wildman–Crippen MR) is 81.1 cm³/mol. The average molecular weight is 264 g/mol. The first-order valence-electron chi connectivity index (χ1n) is 8.78. The highest BCUT2D eigenvalue weighted by Crippen LogP contribution is 2.42. The summed E-state index contributed by atoms with van der Waals surface area (Å²) in [6, 6.07) is 0. The first-order chi connectivity index (χ1) is 9.33. The normalized spacial score (nSPS) is 36.1. The molecule has 0 amide bonds. The summed E-state index contributed by atoms with van der Waals surface area (Å²) in [5, 5.41) is 0. The van der Waals surface area contributed by atoms with Gasteiger partial charge in [-0.05, 0) is 43.4 Å². The summed E-state index contributed by atoms with van der Waals surface area (Å²) in [5.41, 5.74) is 0. The third kappa shape index (κ3) is 4.61. The lowest BCUT2D eigenvalue weighted by Crippen LogP contribution is -2.27. The van der Waals surface area contributed by atoms with Crippen LogP contribution in [0.5, 0.6) is 0 Å². The zero-order valence-electron chi connectivity index (χ0n) is 12.8. The summed E-state index contributed by atoms with van der Waals surface area (Å²) in [4.78, 5) is 11.0. The summed E-state index contributed by atoms with van der Waals surface area (Å²) < 4.78 is 0. The van der Waals surface area contributed by atoms with E-state index < -0.39 is 0 Å². The van der Waals surface area contributed by atoms with Crippen LogP contribution in [-0.2, 0) is 4.79 Å². The average Bonchev–Trinajstić information content (AvgIpc) is 2.48. The van der Waals surface area contributed by atoms with Crippen molar-refractivity contribution in [2.45, 2.75) is 84.0 Å². The van der Waals surface area contributed by atoms with Crippen LogP contribution in [0.2, 0.25) is 0 Å². The van der Waals surface area contributed by atoms with Gasteiger partial charge in [-0.3, -0.25) is 0 Å². The molecule has 2 aliphatic carbocycles. The number of rotatable bonds is 6. The molecule has 0 saturated heterocycles. The summed E-state index contributed by atoms with van der Waals surface area (Å²) in [7, 11) is 0. The Morgan fingerprint density at radius 2 is 1.74 bits per heavy atom. The minimum Gasteiger partial charge on any atom is -0.303 e. The molecule has 0 bridgehead atoms. The molecule has 0 aliphatic heterocycles. The SMILES string of the molecule is CCCCCC1CCC(C2CCCC(C=O)C2)CC1. The molecule has 19 heavy (non-hydrogen) atoms. The lowest BCUT2D eigenvalue weighted by molar-refractivity contribution is -0.112. The second-order valence-electron chi connectivity index (χ2n) is 7.10. The van der Waals surface area contributed by atoms with Crippen LogP contribution in [0.1, 0.15) is 84.0 Å². The van der Waals surface area contributed by atoms with E-state index in [1.165, 1.54) is 76.9 Å². The van der Waals surface area contributed by atoms with Crippen molar-refractivity contribution in [2.75, 3.05) is 0 Å². The van der Waals surface area contributed by atoms with E-state index in [-0.39, 0.29) is 0 Å². The van der Waals surface area contributed by atoms with Crippen molar-refractivity contribution in [3.63, 3.8) is 0 Å². The van der Waals surface area contributed by atoms with E-state index in [9.17, 15) is 4.79 Å². The summed E-state index contributed by atoms with van der Waals surface area (Å²) in [6.07, 6.45) is 17.8. The van der Waals surface area contributed by atoms with E-state index in [0.29, 0.717) is 5.92 Å². The number of aldehydes is 1. The van der Waals surface area contributed by atoms with Gasteiger partial charge in [-0.15, -0.1) is 0 Å². The lowest BCUT2D eigenvalue weighted by atomic mass is 9.68. The molecule has 2 unspecified atom stereocenters. The van der Waals surface area contributed by atoms with E-state index in [4.69, 9.17) is 0 Å². The summed E-state index contributed by atoms with van der Waals surface area (Å²) >= 11 is 0. The van der Waals surface area contributed by atoms with E-state index in [1.807, 2.05) is 0 Å². The first kappa shape index (κ1) is 15.1. The van der Waals surface area contributed by atoms with Gasteiger partial charge in [-0.1, -0.05) is 58.3 Å². The fraction of sp³-hybridized carbons (Fsp3) is 0.944. The molecular weight excluding hydrogens is 232 g/mol. The highest BCUT2D eigenvalue weighted by Gasteiger charge is 2.31. The smallest absolute Gasteiger partial charge is 0.123 e. The molecule has 0 N–H and O–H groups in total. The van der Waals surface area contributed by atoms with Gasteiger partial charge in [-0.25, -0.2) is 0 Å². The van der Waals surface area contributed by atoms with Gasteiger partial charge < -0.3 is 4.79 Å². The highest BCUT2D eigenvalue weighted by molar-refractivity contribution is 5.53.